The molecule has 0 radical (unpaired) electrons. The van der Waals surface area contributed by atoms with Crippen molar-refractivity contribution >= 4 is 5.91 Å². The topological polar surface area (TPSA) is 41.1 Å². The summed E-state index contributed by atoms with van der Waals surface area (Å²) in [6.45, 7) is 11.7. The molecule has 1 rings (SSSR count). The van der Waals surface area contributed by atoms with Crippen LogP contribution >= 0.6 is 0 Å². The van der Waals surface area contributed by atoms with Crippen molar-refractivity contribution in [1.82, 2.24) is 10.6 Å². The molecular formula is C15H30N2O. The van der Waals surface area contributed by atoms with E-state index in [2.05, 4.69) is 38.3 Å². The summed E-state index contributed by atoms with van der Waals surface area (Å²) in [5.41, 5.74) is 0.462. The van der Waals surface area contributed by atoms with Gasteiger partial charge in [-0.2, -0.15) is 0 Å². The van der Waals surface area contributed by atoms with Crippen molar-refractivity contribution in [2.24, 2.45) is 11.3 Å². The fourth-order valence-corrected chi connectivity index (χ4v) is 2.39. The first-order chi connectivity index (χ1) is 8.45. The van der Waals surface area contributed by atoms with Crippen LogP contribution in [-0.4, -0.2) is 24.5 Å². The van der Waals surface area contributed by atoms with Crippen molar-refractivity contribution in [2.75, 3.05) is 6.54 Å². The average Bonchev–Trinajstić information content (AvgIpc) is 3.13. The maximum Gasteiger partial charge on any atom is 0.237 e. The Labute approximate surface area is 112 Å². The molecular weight excluding hydrogens is 224 g/mol. The summed E-state index contributed by atoms with van der Waals surface area (Å²) in [6, 6.07) is 0.239. The molecule has 3 nitrogen and oxygen atoms in total. The summed E-state index contributed by atoms with van der Waals surface area (Å²) in [5, 5.41) is 6.51. The van der Waals surface area contributed by atoms with E-state index in [4.69, 9.17) is 0 Å². The first kappa shape index (κ1) is 15.5. The maximum absolute atomic E-state index is 12.0. The lowest BCUT2D eigenvalue weighted by Gasteiger charge is -2.24. The third-order valence-corrected chi connectivity index (χ3v) is 4.60. The number of carbonyl (C=O) groups is 1. The van der Waals surface area contributed by atoms with Gasteiger partial charge in [-0.1, -0.05) is 27.7 Å². The molecule has 106 valence electrons. The second kappa shape index (κ2) is 6.55. The zero-order valence-electron chi connectivity index (χ0n) is 12.7. The van der Waals surface area contributed by atoms with E-state index in [1.54, 1.807) is 0 Å². The van der Waals surface area contributed by atoms with Gasteiger partial charge in [-0.05, 0) is 43.9 Å². The van der Waals surface area contributed by atoms with Crippen molar-refractivity contribution in [3.8, 4) is 0 Å². The summed E-state index contributed by atoms with van der Waals surface area (Å²) in [5.74, 6) is 0.850. The van der Waals surface area contributed by atoms with Crippen LogP contribution < -0.4 is 10.6 Å². The van der Waals surface area contributed by atoms with Crippen molar-refractivity contribution in [2.45, 2.75) is 72.4 Å². The maximum atomic E-state index is 12.0. The zero-order chi connectivity index (χ0) is 13.8. The van der Waals surface area contributed by atoms with E-state index >= 15 is 0 Å². The number of rotatable bonds is 8. The third-order valence-electron chi connectivity index (χ3n) is 4.60. The summed E-state index contributed by atoms with van der Waals surface area (Å²) >= 11 is 0. The molecule has 1 aliphatic carbocycles. The fraction of sp³-hybridized carbons (Fsp3) is 0.933. The fourth-order valence-electron chi connectivity index (χ4n) is 2.39. The number of carbonyl (C=O) groups excluding carboxylic acids is 1. The van der Waals surface area contributed by atoms with Gasteiger partial charge in [0.05, 0.1) is 6.04 Å². The van der Waals surface area contributed by atoms with Gasteiger partial charge in [0.1, 0.15) is 0 Å². The van der Waals surface area contributed by atoms with Gasteiger partial charge in [0, 0.05) is 12.6 Å². The summed E-state index contributed by atoms with van der Waals surface area (Å²) in [4.78, 5) is 12.0. The molecule has 3 heteroatoms. The molecule has 1 amide bonds. The van der Waals surface area contributed by atoms with Crippen LogP contribution in [0.1, 0.15) is 60.3 Å². The smallest absolute Gasteiger partial charge is 0.237 e. The van der Waals surface area contributed by atoms with Gasteiger partial charge >= 0.3 is 0 Å². The van der Waals surface area contributed by atoms with Gasteiger partial charge in [0.15, 0.2) is 0 Å². The van der Waals surface area contributed by atoms with Crippen LogP contribution in [0.2, 0.25) is 0 Å². The summed E-state index contributed by atoms with van der Waals surface area (Å²) in [7, 11) is 0. The second-order valence-electron chi connectivity index (χ2n) is 6.14. The highest BCUT2D eigenvalue weighted by molar-refractivity contribution is 5.81. The van der Waals surface area contributed by atoms with E-state index in [-0.39, 0.29) is 11.9 Å². The highest BCUT2D eigenvalue weighted by Gasteiger charge is 2.45. The monoisotopic (exact) mass is 254 g/mol. The van der Waals surface area contributed by atoms with Crippen LogP contribution in [-0.2, 0) is 4.79 Å². The lowest BCUT2D eigenvalue weighted by atomic mass is 9.92. The number of amides is 1. The van der Waals surface area contributed by atoms with Crippen molar-refractivity contribution in [1.29, 1.82) is 0 Å². The predicted octanol–water partition coefficient (Wildman–Crippen LogP) is 2.71. The summed E-state index contributed by atoms with van der Waals surface area (Å²) in [6.07, 6.45) is 4.62. The molecule has 0 aromatic heterocycles. The van der Waals surface area contributed by atoms with Gasteiger partial charge in [-0.3, -0.25) is 4.79 Å². The molecule has 1 atom stereocenters. The molecule has 0 aliphatic heterocycles. The van der Waals surface area contributed by atoms with Crippen molar-refractivity contribution < 1.29 is 4.79 Å². The largest absolute Gasteiger partial charge is 0.352 e. The van der Waals surface area contributed by atoms with Crippen LogP contribution in [0.25, 0.3) is 0 Å². The van der Waals surface area contributed by atoms with Gasteiger partial charge in [0.2, 0.25) is 5.91 Å². The Hall–Kier alpha value is -0.570. The van der Waals surface area contributed by atoms with Gasteiger partial charge in [-0.15, -0.1) is 0 Å². The van der Waals surface area contributed by atoms with E-state index in [1.807, 2.05) is 6.92 Å². The minimum atomic E-state index is -0.0816. The third kappa shape index (κ3) is 3.98. The molecule has 1 fully saturated rings. The molecule has 0 heterocycles. The minimum Gasteiger partial charge on any atom is -0.352 e. The lowest BCUT2D eigenvalue weighted by molar-refractivity contribution is -0.123. The van der Waals surface area contributed by atoms with E-state index < -0.39 is 0 Å². The minimum absolute atomic E-state index is 0.0816. The van der Waals surface area contributed by atoms with Crippen LogP contribution in [0.4, 0.5) is 0 Å². The normalized spacial score (nSPS) is 19.1. The quantitative estimate of drug-likeness (QED) is 0.699. The Morgan fingerprint density at radius 3 is 2.11 bits per heavy atom. The van der Waals surface area contributed by atoms with Crippen molar-refractivity contribution in [3.05, 3.63) is 0 Å². The van der Waals surface area contributed by atoms with Crippen molar-refractivity contribution in [3.63, 3.8) is 0 Å². The van der Waals surface area contributed by atoms with E-state index in [0.29, 0.717) is 17.4 Å². The van der Waals surface area contributed by atoms with Gasteiger partial charge < -0.3 is 10.6 Å². The highest BCUT2D eigenvalue weighted by atomic mass is 16.2. The summed E-state index contributed by atoms with van der Waals surface area (Å²) < 4.78 is 0. The molecule has 0 aromatic carbocycles. The molecule has 1 aliphatic rings. The first-order valence-corrected chi connectivity index (χ1v) is 7.49. The van der Waals surface area contributed by atoms with Gasteiger partial charge in [0.25, 0.3) is 0 Å². The highest BCUT2D eigenvalue weighted by Crippen LogP contribution is 2.51. The van der Waals surface area contributed by atoms with Crippen LogP contribution in [0.3, 0.4) is 0 Å². The second-order valence-corrected chi connectivity index (χ2v) is 6.14. The Balaban J connectivity index is 2.32. The average molecular weight is 254 g/mol. The Bertz CT molecular complexity index is 268. The molecule has 0 saturated heterocycles. The molecule has 0 bridgehead atoms. The number of hydrogen-bond acceptors (Lipinski definition) is 2. The van der Waals surface area contributed by atoms with E-state index in [0.717, 1.165) is 19.4 Å². The molecule has 18 heavy (non-hydrogen) atoms. The molecule has 0 spiro atoms. The number of hydrogen-bond donors (Lipinski definition) is 2. The molecule has 0 aromatic rings. The van der Waals surface area contributed by atoms with E-state index in [1.165, 1.54) is 12.8 Å². The SMILES string of the molecule is CCC(CC)NC(=O)C(C)NCC1(C(C)C)CC1. The molecule has 2 N–H and O–H groups in total. The Morgan fingerprint density at radius 1 is 1.17 bits per heavy atom. The predicted molar refractivity (Wildman–Crippen MR) is 76.5 cm³/mol. The van der Waals surface area contributed by atoms with Crippen LogP contribution in [0.5, 0.6) is 0 Å². The number of nitrogens with one attached hydrogen (secondary N) is 2. The lowest BCUT2D eigenvalue weighted by Crippen LogP contribution is -2.47. The van der Waals surface area contributed by atoms with Crippen LogP contribution in [0.15, 0.2) is 0 Å². The van der Waals surface area contributed by atoms with Gasteiger partial charge in [-0.25, -0.2) is 0 Å². The van der Waals surface area contributed by atoms with E-state index in [9.17, 15) is 4.79 Å². The Kier molecular flexibility index (Phi) is 5.64. The Morgan fingerprint density at radius 2 is 1.72 bits per heavy atom. The standard InChI is InChI=1S/C15H30N2O/c1-6-13(7-2)17-14(18)12(5)16-10-15(8-9-15)11(3)4/h11-13,16H,6-10H2,1-5H3,(H,17,18). The molecule has 1 unspecified atom stereocenters. The van der Waals surface area contributed by atoms with Crippen LogP contribution in [0, 0.1) is 11.3 Å². The molecule has 1 saturated carbocycles. The zero-order valence-corrected chi connectivity index (χ0v) is 12.7. The first-order valence-electron chi connectivity index (χ1n) is 7.49.